The normalized spacial score (nSPS) is 10.5. The average Bonchev–Trinajstić information content (AvgIpc) is 2.23. The lowest BCUT2D eigenvalue weighted by molar-refractivity contribution is 1.39. The molecule has 2 rings (SSSR count). The molecule has 0 spiro atoms. The van der Waals surface area contributed by atoms with E-state index in [2.05, 4.69) is 32.0 Å². The molecular weight excluding hydrogens is 239 g/mol. The molecule has 0 N–H and O–H groups in total. The van der Waals surface area contributed by atoms with Crippen LogP contribution in [0, 0.1) is 13.8 Å². The molecule has 0 atom stereocenters. The van der Waals surface area contributed by atoms with Crippen molar-refractivity contribution in [2.24, 2.45) is 0 Å². The number of hydrogen-bond donors (Lipinski definition) is 0. The van der Waals surface area contributed by atoms with Gasteiger partial charge in [0.25, 0.3) is 0 Å². The Bertz CT molecular complexity index is 510. The van der Waals surface area contributed by atoms with Crippen LogP contribution in [-0.2, 0) is 0 Å². The van der Waals surface area contributed by atoms with E-state index in [1.165, 1.54) is 11.1 Å². The van der Waals surface area contributed by atoms with Crippen molar-refractivity contribution in [3.63, 3.8) is 0 Å². The zero-order valence-electron chi connectivity index (χ0n) is 9.22. The molecule has 0 fully saturated rings. The van der Waals surface area contributed by atoms with Crippen LogP contribution < -0.4 is 0 Å². The summed E-state index contributed by atoms with van der Waals surface area (Å²) in [5.74, 6) is 0. The summed E-state index contributed by atoms with van der Waals surface area (Å²) in [5.41, 5.74) is 4.42. The highest BCUT2D eigenvalue weighted by atomic mass is 35.5. The van der Waals surface area contributed by atoms with Crippen molar-refractivity contribution >= 4 is 23.2 Å². The Morgan fingerprint density at radius 2 is 1.50 bits per heavy atom. The molecule has 0 saturated heterocycles. The van der Waals surface area contributed by atoms with Gasteiger partial charge >= 0.3 is 0 Å². The lowest BCUT2D eigenvalue weighted by Gasteiger charge is -2.11. The van der Waals surface area contributed by atoms with E-state index in [0.717, 1.165) is 11.1 Å². The number of benzene rings is 2. The molecule has 0 aromatic heterocycles. The lowest BCUT2D eigenvalue weighted by atomic mass is 9.98. The fourth-order valence-electron chi connectivity index (χ4n) is 1.76. The van der Waals surface area contributed by atoms with Crippen LogP contribution in [0.15, 0.2) is 36.4 Å². The molecule has 0 bridgehead atoms. The Morgan fingerprint density at radius 1 is 0.875 bits per heavy atom. The number of rotatable bonds is 1. The first-order valence-corrected chi connectivity index (χ1v) is 5.87. The van der Waals surface area contributed by atoms with Crippen molar-refractivity contribution in [3.8, 4) is 11.1 Å². The maximum Gasteiger partial charge on any atom is 0.0499 e. The quantitative estimate of drug-likeness (QED) is 0.647. The summed E-state index contributed by atoms with van der Waals surface area (Å²) < 4.78 is 0. The second kappa shape index (κ2) is 4.48. The fourth-order valence-corrected chi connectivity index (χ4v) is 2.36. The molecular formula is C14H12Cl2. The van der Waals surface area contributed by atoms with Gasteiger partial charge in [-0.05, 0) is 37.1 Å². The maximum absolute atomic E-state index is 6.20. The smallest absolute Gasteiger partial charge is 0.0499 e. The molecule has 0 aliphatic carbocycles. The average molecular weight is 251 g/mol. The monoisotopic (exact) mass is 250 g/mol. The highest BCUT2D eigenvalue weighted by Crippen LogP contribution is 2.36. The first-order valence-electron chi connectivity index (χ1n) is 5.11. The van der Waals surface area contributed by atoms with Gasteiger partial charge in [-0.2, -0.15) is 0 Å². The minimum absolute atomic E-state index is 0.696. The second-order valence-electron chi connectivity index (χ2n) is 3.92. The van der Waals surface area contributed by atoms with Gasteiger partial charge in [0.05, 0.1) is 0 Å². The third-order valence-corrected chi connectivity index (χ3v) is 3.26. The van der Waals surface area contributed by atoms with Crippen LogP contribution in [0.25, 0.3) is 11.1 Å². The van der Waals surface area contributed by atoms with Gasteiger partial charge in [-0.15, -0.1) is 0 Å². The van der Waals surface area contributed by atoms with Crippen LogP contribution in [-0.4, -0.2) is 0 Å². The van der Waals surface area contributed by atoms with Crippen LogP contribution >= 0.6 is 23.2 Å². The predicted octanol–water partition coefficient (Wildman–Crippen LogP) is 5.28. The van der Waals surface area contributed by atoms with Crippen LogP contribution in [0.5, 0.6) is 0 Å². The molecule has 0 aliphatic rings. The van der Waals surface area contributed by atoms with Gasteiger partial charge in [-0.3, -0.25) is 0 Å². The molecule has 2 aromatic carbocycles. The molecule has 0 saturated carbocycles. The Balaban J connectivity index is 2.72. The van der Waals surface area contributed by atoms with E-state index < -0.39 is 0 Å². The van der Waals surface area contributed by atoms with E-state index in [0.29, 0.717) is 10.0 Å². The molecule has 0 radical (unpaired) electrons. The van der Waals surface area contributed by atoms with Gasteiger partial charge in [0.1, 0.15) is 0 Å². The Morgan fingerprint density at radius 3 is 2.12 bits per heavy atom. The number of halogens is 2. The van der Waals surface area contributed by atoms with E-state index in [4.69, 9.17) is 23.2 Å². The number of hydrogen-bond acceptors (Lipinski definition) is 0. The van der Waals surface area contributed by atoms with Crippen molar-refractivity contribution in [2.45, 2.75) is 13.8 Å². The summed E-state index contributed by atoms with van der Waals surface area (Å²) in [6.07, 6.45) is 0. The first kappa shape index (κ1) is 11.5. The van der Waals surface area contributed by atoms with Crippen molar-refractivity contribution in [1.29, 1.82) is 0 Å². The summed E-state index contributed by atoms with van der Waals surface area (Å²) >= 11 is 12.4. The van der Waals surface area contributed by atoms with Gasteiger partial charge in [-0.25, -0.2) is 0 Å². The van der Waals surface area contributed by atoms with E-state index in [1.54, 1.807) is 0 Å². The molecule has 0 aliphatic heterocycles. The van der Waals surface area contributed by atoms with Crippen molar-refractivity contribution in [3.05, 3.63) is 57.6 Å². The van der Waals surface area contributed by atoms with Crippen LogP contribution in [0.1, 0.15) is 11.1 Å². The molecule has 82 valence electrons. The lowest BCUT2D eigenvalue weighted by Crippen LogP contribution is -1.87. The van der Waals surface area contributed by atoms with Crippen molar-refractivity contribution in [1.82, 2.24) is 0 Å². The fraction of sp³-hybridized carbons (Fsp3) is 0.143. The van der Waals surface area contributed by atoms with Crippen LogP contribution in [0.4, 0.5) is 0 Å². The summed E-state index contributed by atoms with van der Waals surface area (Å²) in [6.45, 7) is 4.13. The minimum atomic E-state index is 0.696. The van der Waals surface area contributed by atoms with Crippen LogP contribution in [0.2, 0.25) is 10.0 Å². The summed E-state index contributed by atoms with van der Waals surface area (Å²) in [4.78, 5) is 0. The van der Waals surface area contributed by atoms with Gasteiger partial charge in [0.15, 0.2) is 0 Å². The molecule has 0 heterocycles. The summed E-state index contributed by atoms with van der Waals surface area (Å²) in [7, 11) is 0. The first-order chi connectivity index (χ1) is 7.59. The molecule has 2 heteroatoms. The second-order valence-corrected chi connectivity index (χ2v) is 4.73. The minimum Gasteiger partial charge on any atom is -0.0836 e. The summed E-state index contributed by atoms with van der Waals surface area (Å²) in [6, 6.07) is 11.9. The van der Waals surface area contributed by atoms with Gasteiger partial charge in [0.2, 0.25) is 0 Å². The molecule has 16 heavy (non-hydrogen) atoms. The topological polar surface area (TPSA) is 0 Å². The largest absolute Gasteiger partial charge is 0.0836 e. The molecule has 0 nitrogen and oxygen atoms in total. The van der Waals surface area contributed by atoms with Crippen LogP contribution in [0.3, 0.4) is 0 Å². The van der Waals surface area contributed by atoms with Gasteiger partial charge in [0, 0.05) is 15.6 Å². The molecule has 2 aromatic rings. The highest BCUT2D eigenvalue weighted by Gasteiger charge is 2.10. The van der Waals surface area contributed by atoms with Gasteiger partial charge in [-0.1, -0.05) is 53.0 Å². The predicted molar refractivity (Wildman–Crippen MR) is 71.4 cm³/mol. The Kier molecular flexibility index (Phi) is 3.22. The summed E-state index contributed by atoms with van der Waals surface area (Å²) in [5, 5.41) is 1.39. The van der Waals surface area contributed by atoms with E-state index in [1.807, 2.05) is 18.2 Å². The zero-order valence-corrected chi connectivity index (χ0v) is 10.7. The van der Waals surface area contributed by atoms with E-state index >= 15 is 0 Å². The molecule has 0 unspecified atom stereocenters. The third kappa shape index (κ3) is 2.09. The van der Waals surface area contributed by atoms with Crippen molar-refractivity contribution in [2.75, 3.05) is 0 Å². The Hall–Kier alpha value is -0.980. The molecule has 0 amide bonds. The zero-order chi connectivity index (χ0) is 11.7. The SMILES string of the molecule is Cc1ccc(C)c(-c2c(Cl)cccc2Cl)c1. The number of aryl methyl sites for hydroxylation is 2. The highest BCUT2D eigenvalue weighted by molar-refractivity contribution is 6.39. The van der Waals surface area contributed by atoms with E-state index in [-0.39, 0.29) is 0 Å². The Labute approximate surface area is 106 Å². The van der Waals surface area contributed by atoms with Gasteiger partial charge < -0.3 is 0 Å². The maximum atomic E-state index is 6.20. The third-order valence-electron chi connectivity index (χ3n) is 2.63. The standard InChI is InChI=1S/C14H12Cl2/c1-9-6-7-10(2)11(8-9)14-12(15)4-3-5-13(14)16/h3-8H,1-2H3. The van der Waals surface area contributed by atoms with Crippen molar-refractivity contribution < 1.29 is 0 Å². The van der Waals surface area contributed by atoms with E-state index in [9.17, 15) is 0 Å².